The van der Waals surface area contributed by atoms with Crippen LogP contribution in [-0.4, -0.2) is 47.8 Å². The number of hydrogen-bond acceptors (Lipinski definition) is 7. The quantitative estimate of drug-likeness (QED) is 0.705. The second-order valence-electron chi connectivity index (χ2n) is 4.85. The minimum Gasteiger partial charge on any atom is -0.479 e. The second-order valence-corrected chi connectivity index (χ2v) is 4.85. The van der Waals surface area contributed by atoms with E-state index in [-0.39, 0.29) is 12.5 Å². The number of carbonyl (C=O) groups is 1. The molecule has 124 valence electrons. The Morgan fingerprint density at radius 3 is 2.83 bits per heavy atom. The van der Waals surface area contributed by atoms with Crippen molar-refractivity contribution in [2.75, 3.05) is 12.4 Å². The van der Waals surface area contributed by atoms with E-state index in [0.717, 1.165) is 0 Å². The number of methoxy groups -OCH3 is 1. The van der Waals surface area contributed by atoms with Crippen LogP contribution in [-0.2, 0) is 17.9 Å². The summed E-state index contributed by atoms with van der Waals surface area (Å²) < 4.78 is 8.30. The maximum Gasteiger partial charge on any atom is 0.247 e. The zero-order chi connectivity index (χ0) is 16.9. The predicted octanol–water partition coefficient (Wildman–Crippen LogP) is 0.599. The molecule has 3 aromatic heterocycles. The molecule has 0 aromatic carbocycles. The van der Waals surface area contributed by atoms with Crippen molar-refractivity contribution in [1.82, 2.24) is 34.7 Å². The van der Waals surface area contributed by atoms with Crippen molar-refractivity contribution in [2.45, 2.75) is 20.0 Å². The van der Waals surface area contributed by atoms with Crippen molar-refractivity contribution in [3.63, 3.8) is 0 Å². The van der Waals surface area contributed by atoms with Crippen LogP contribution >= 0.6 is 0 Å². The molecule has 1 amide bonds. The van der Waals surface area contributed by atoms with E-state index in [1.54, 1.807) is 35.7 Å². The average Bonchev–Trinajstić information content (AvgIpc) is 3.24. The smallest absolute Gasteiger partial charge is 0.247 e. The lowest BCUT2D eigenvalue weighted by atomic mass is 10.2. The fourth-order valence-corrected chi connectivity index (χ4v) is 2.08. The molecule has 24 heavy (non-hydrogen) atoms. The summed E-state index contributed by atoms with van der Waals surface area (Å²) in [5.41, 5.74) is 1.28. The van der Waals surface area contributed by atoms with Crippen molar-refractivity contribution >= 4 is 11.7 Å². The normalized spacial score (nSPS) is 10.6. The van der Waals surface area contributed by atoms with Gasteiger partial charge in [-0.2, -0.15) is 5.10 Å². The Hall–Kier alpha value is -3.30. The standard InChI is InChI=1S/C14H16N8O2/c1-3-21-8-11(19-20-21)18-12(23)9-22-7-10(6-17-22)13-14(24-2)16-5-4-15-13/h4-8H,3,9H2,1-2H3,(H,18,23). The molecular weight excluding hydrogens is 312 g/mol. The fourth-order valence-electron chi connectivity index (χ4n) is 2.08. The summed E-state index contributed by atoms with van der Waals surface area (Å²) in [7, 11) is 1.52. The molecule has 1 N–H and O–H groups in total. The van der Waals surface area contributed by atoms with Gasteiger partial charge < -0.3 is 10.1 Å². The molecule has 0 saturated carbocycles. The summed E-state index contributed by atoms with van der Waals surface area (Å²) in [4.78, 5) is 20.4. The lowest BCUT2D eigenvalue weighted by Gasteiger charge is -2.03. The first-order valence-electron chi connectivity index (χ1n) is 7.27. The van der Waals surface area contributed by atoms with Gasteiger partial charge in [-0.15, -0.1) is 5.10 Å². The molecule has 0 aliphatic rings. The number of nitrogens with one attached hydrogen (secondary N) is 1. The first-order valence-corrected chi connectivity index (χ1v) is 7.27. The predicted molar refractivity (Wildman–Crippen MR) is 84.1 cm³/mol. The van der Waals surface area contributed by atoms with E-state index in [1.807, 2.05) is 6.92 Å². The molecular formula is C14H16N8O2. The van der Waals surface area contributed by atoms with Gasteiger partial charge >= 0.3 is 0 Å². The highest BCUT2D eigenvalue weighted by Gasteiger charge is 2.12. The molecule has 3 rings (SSSR count). The van der Waals surface area contributed by atoms with Gasteiger partial charge in [-0.25, -0.2) is 9.97 Å². The minimum absolute atomic E-state index is 0.0432. The van der Waals surface area contributed by atoms with Crippen LogP contribution in [0.3, 0.4) is 0 Å². The van der Waals surface area contributed by atoms with Gasteiger partial charge in [0.15, 0.2) is 5.82 Å². The molecule has 10 nitrogen and oxygen atoms in total. The highest BCUT2D eigenvalue weighted by Crippen LogP contribution is 2.24. The topological polar surface area (TPSA) is 113 Å². The van der Waals surface area contributed by atoms with Gasteiger partial charge in [0.1, 0.15) is 12.2 Å². The number of aryl methyl sites for hydroxylation is 1. The van der Waals surface area contributed by atoms with Crippen LogP contribution in [0.1, 0.15) is 6.92 Å². The molecule has 0 radical (unpaired) electrons. The minimum atomic E-state index is -0.251. The average molecular weight is 328 g/mol. The monoisotopic (exact) mass is 328 g/mol. The number of nitrogens with zero attached hydrogens (tertiary/aromatic N) is 7. The Bertz CT molecular complexity index is 841. The van der Waals surface area contributed by atoms with E-state index >= 15 is 0 Å². The van der Waals surface area contributed by atoms with E-state index in [0.29, 0.717) is 29.5 Å². The number of rotatable bonds is 6. The van der Waals surface area contributed by atoms with Crippen LogP contribution in [0, 0.1) is 0 Å². The third-order valence-electron chi connectivity index (χ3n) is 3.20. The maximum absolute atomic E-state index is 12.0. The van der Waals surface area contributed by atoms with Crippen LogP contribution in [0.4, 0.5) is 5.82 Å². The van der Waals surface area contributed by atoms with Crippen LogP contribution in [0.15, 0.2) is 31.0 Å². The molecule has 10 heteroatoms. The molecule has 0 spiro atoms. The third kappa shape index (κ3) is 3.37. The molecule has 3 aromatic rings. The number of ether oxygens (including phenoxy) is 1. The molecule has 0 unspecified atom stereocenters. The highest BCUT2D eigenvalue weighted by molar-refractivity contribution is 5.89. The lowest BCUT2D eigenvalue weighted by Crippen LogP contribution is -2.19. The molecule has 3 heterocycles. The number of hydrogen-bond donors (Lipinski definition) is 1. The van der Waals surface area contributed by atoms with Gasteiger partial charge in [0.25, 0.3) is 0 Å². The van der Waals surface area contributed by atoms with Crippen LogP contribution in [0.5, 0.6) is 5.88 Å². The fraction of sp³-hybridized carbons (Fsp3) is 0.286. The summed E-state index contributed by atoms with van der Waals surface area (Å²) in [6.07, 6.45) is 8.08. The van der Waals surface area contributed by atoms with E-state index in [4.69, 9.17) is 4.74 Å². The van der Waals surface area contributed by atoms with E-state index in [1.165, 1.54) is 11.8 Å². The van der Waals surface area contributed by atoms with Gasteiger partial charge in [0, 0.05) is 30.7 Å². The van der Waals surface area contributed by atoms with Crippen LogP contribution in [0.2, 0.25) is 0 Å². The summed E-state index contributed by atoms with van der Waals surface area (Å²) in [5.74, 6) is 0.557. The maximum atomic E-state index is 12.0. The Balaban J connectivity index is 1.68. The SMILES string of the molecule is CCn1cc(NC(=O)Cn2cc(-c3nccnc3OC)cn2)nn1. The summed E-state index contributed by atoms with van der Waals surface area (Å²) in [6, 6.07) is 0. The van der Waals surface area contributed by atoms with Crippen LogP contribution < -0.4 is 10.1 Å². The van der Waals surface area contributed by atoms with Crippen molar-refractivity contribution in [3.05, 3.63) is 31.0 Å². The zero-order valence-corrected chi connectivity index (χ0v) is 13.2. The Labute approximate surface area is 137 Å². The van der Waals surface area contributed by atoms with Gasteiger partial charge in [-0.05, 0) is 6.92 Å². The second kappa shape index (κ2) is 6.86. The van der Waals surface area contributed by atoms with Crippen molar-refractivity contribution in [1.29, 1.82) is 0 Å². The van der Waals surface area contributed by atoms with E-state index in [2.05, 4.69) is 30.7 Å². The Morgan fingerprint density at radius 2 is 2.08 bits per heavy atom. The number of carbonyl (C=O) groups excluding carboxylic acids is 1. The Morgan fingerprint density at radius 1 is 1.25 bits per heavy atom. The summed E-state index contributed by atoms with van der Waals surface area (Å²) >= 11 is 0. The molecule has 0 atom stereocenters. The summed E-state index contributed by atoms with van der Waals surface area (Å²) in [5, 5.41) is 14.6. The highest BCUT2D eigenvalue weighted by atomic mass is 16.5. The van der Waals surface area contributed by atoms with Crippen molar-refractivity contribution in [3.8, 4) is 17.1 Å². The summed E-state index contributed by atoms with van der Waals surface area (Å²) in [6.45, 7) is 2.67. The number of aromatic nitrogens is 7. The largest absolute Gasteiger partial charge is 0.479 e. The zero-order valence-electron chi connectivity index (χ0n) is 13.2. The number of amides is 1. The Kier molecular flexibility index (Phi) is 4.45. The van der Waals surface area contributed by atoms with E-state index in [9.17, 15) is 4.79 Å². The van der Waals surface area contributed by atoms with E-state index < -0.39 is 0 Å². The molecule has 0 bridgehead atoms. The molecule has 0 aliphatic heterocycles. The molecule has 0 aliphatic carbocycles. The molecule has 0 fully saturated rings. The van der Waals surface area contributed by atoms with Gasteiger partial charge in [-0.3, -0.25) is 14.2 Å². The first-order chi connectivity index (χ1) is 11.7. The van der Waals surface area contributed by atoms with Gasteiger partial charge in [0.05, 0.1) is 19.5 Å². The number of anilines is 1. The van der Waals surface area contributed by atoms with Crippen molar-refractivity contribution in [2.24, 2.45) is 0 Å². The van der Waals surface area contributed by atoms with Crippen LogP contribution in [0.25, 0.3) is 11.3 Å². The first kappa shape index (κ1) is 15.6. The van der Waals surface area contributed by atoms with Gasteiger partial charge in [0.2, 0.25) is 11.8 Å². The van der Waals surface area contributed by atoms with Crippen molar-refractivity contribution < 1.29 is 9.53 Å². The molecule has 0 saturated heterocycles. The van der Waals surface area contributed by atoms with Gasteiger partial charge in [-0.1, -0.05) is 5.21 Å². The lowest BCUT2D eigenvalue weighted by molar-refractivity contribution is -0.116. The third-order valence-corrected chi connectivity index (χ3v) is 3.20.